The van der Waals surface area contributed by atoms with E-state index in [2.05, 4.69) is 15.9 Å². The molecular weight excluding hydrogens is 364 g/mol. The molecule has 2 rings (SSSR count). The van der Waals surface area contributed by atoms with Crippen molar-refractivity contribution in [2.45, 2.75) is 6.92 Å². The zero-order chi connectivity index (χ0) is 16.8. The summed E-state index contributed by atoms with van der Waals surface area (Å²) in [7, 11) is 1.43. The van der Waals surface area contributed by atoms with Gasteiger partial charge in [0.15, 0.2) is 18.1 Å². The Hall–Kier alpha value is -2.34. The van der Waals surface area contributed by atoms with Crippen molar-refractivity contribution in [3.05, 3.63) is 52.0 Å². The first-order chi connectivity index (χ1) is 11.0. The van der Waals surface area contributed by atoms with E-state index >= 15 is 0 Å². The molecule has 0 fully saturated rings. The highest BCUT2D eigenvalue weighted by molar-refractivity contribution is 9.10. The quantitative estimate of drug-likeness (QED) is 0.436. The number of carbonyl (C=O) groups excluding carboxylic acids is 2. The minimum absolute atomic E-state index is 0.231. The molecule has 120 valence electrons. The molecule has 0 saturated carbocycles. The molecule has 0 aliphatic rings. The maximum Gasteiger partial charge on any atom is 0.349 e. The van der Waals surface area contributed by atoms with Crippen molar-refractivity contribution in [1.82, 2.24) is 0 Å². The van der Waals surface area contributed by atoms with Crippen LogP contribution in [0.2, 0.25) is 0 Å². The van der Waals surface area contributed by atoms with E-state index in [9.17, 15) is 9.59 Å². The highest BCUT2D eigenvalue weighted by Crippen LogP contribution is 2.28. The summed E-state index contributed by atoms with van der Waals surface area (Å²) in [5, 5.41) is 0. The first-order valence-corrected chi connectivity index (χ1v) is 7.55. The summed E-state index contributed by atoms with van der Waals surface area (Å²) in [4.78, 5) is 22.6. The number of hydrogen-bond donors (Lipinski definition) is 0. The number of esters is 1. The lowest BCUT2D eigenvalue weighted by molar-refractivity contribution is -0.136. The van der Waals surface area contributed by atoms with E-state index in [1.807, 2.05) is 19.1 Å². The first-order valence-electron chi connectivity index (χ1n) is 6.76. The molecule has 0 N–H and O–H groups in total. The predicted molar refractivity (Wildman–Crippen MR) is 88.4 cm³/mol. The van der Waals surface area contributed by atoms with E-state index in [0.717, 1.165) is 10.0 Å². The Morgan fingerprint density at radius 3 is 2.52 bits per heavy atom. The minimum atomic E-state index is -0.574. The van der Waals surface area contributed by atoms with Crippen LogP contribution in [0.4, 0.5) is 0 Å². The molecule has 0 spiro atoms. The van der Waals surface area contributed by atoms with Crippen LogP contribution in [0.1, 0.15) is 15.9 Å². The molecule has 0 amide bonds. The number of aryl methyl sites for hydroxylation is 1. The van der Waals surface area contributed by atoms with Gasteiger partial charge in [-0.1, -0.05) is 6.07 Å². The van der Waals surface area contributed by atoms with Crippen molar-refractivity contribution in [1.29, 1.82) is 0 Å². The van der Waals surface area contributed by atoms with E-state index in [-0.39, 0.29) is 12.4 Å². The lowest BCUT2D eigenvalue weighted by Gasteiger charge is -2.11. The van der Waals surface area contributed by atoms with Gasteiger partial charge in [0.25, 0.3) is 0 Å². The molecule has 0 radical (unpaired) electrons. The van der Waals surface area contributed by atoms with Crippen molar-refractivity contribution in [3.8, 4) is 17.2 Å². The van der Waals surface area contributed by atoms with E-state index in [1.165, 1.54) is 25.3 Å². The average molecular weight is 379 g/mol. The molecule has 0 aliphatic heterocycles. The van der Waals surface area contributed by atoms with Crippen LogP contribution in [0.15, 0.2) is 40.9 Å². The van der Waals surface area contributed by atoms with Crippen LogP contribution in [0.25, 0.3) is 0 Å². The largest absolute Gasteiger partial charge is 0.493 e. The fourth-order valence-electron chi connectivity index (χ4n) is 1.85. The monoisotopic (exact) mass is 378 g/mol. The van der Waals surface area contributed by atoms with Crippen LogP contribution < -0.4 is 14.2 Å². The van der Waals surface area contributed by atoms with Crippen molar-refractivity contribution in [2.75, 3.05) is 13.7 Å². The topological polar surface area (TPSA) is 61.8 Å². The average Bonchev–Trinajstić information content (AvgIpc) is 2.54. The van der Waals surface area contributed by atoms with Gasteiger partial charge in [0.2, 0.25) is 0 Å². The zero-order valence-electron chi connectivity index (χ0n) is 12.7. The van der Waals surface area contributed by atoms with Gasteiger partial charge in [0, 0.05) is 5.56 Å². The Balaban J connectivity index is 2.01. The number of halogens is 1. The summed E-state index contributed by atoms with van der Waals surface area (Å²) >= 11 is 3.37. The van der Waals surface area contributed by atoms with Crippen LogP contribution in [-0.4, -0.2) is 26.0 Å². The summed E-state index contributed by atoms with van der Waals surface area (Å²) in [5.74, 6) is 0.514. The lowest BCUT2D eigenvalue weighted by Crippen LogP contribution is -2.18. The van der Waals surface area contributed by atoms with Crippen molar-refractivity contribution in [3.63, 3.8) is 0 Å². The second-order valence-electron chi connectivity index (χ2n) is 4.72. The van der Waals surface area contributed by atoms with Crippen molar-refractivity contribution in [2.24, 2.45) is 0 Å². The number of hydrogen-bond acceptors (Lipinski definition) is 5. The van der Waals surface area contributed by atoms with Gasteiger partial charge in [-0.05, 0) is 58.7 Å². The number of ether oxygens (including phenoxy) is 3. The van der Waals surface area contributed by atoms with E-state index in [4.69, 9.17) is 14.2 Å². The SMILES string of the molecule is COc1cc(C=O)ccc1OC(=O)COc1ccc(C)cc1Br. The third kappa shape index (κ3) is 4.56. The number of methoxy groups -OCH3 is 1. The van der Waals surface area contributed by atoms with E-state index in [1.54, 1.807) is 6.07 Å². The molecule has 0 aliphatic carbocycles. The summed E-state index contributed by atoms with van der Waals surface area (Å²) < 4.78 is 16.5. The van der Waals surface area contributed by atoms with Gasteiger partial charge < -0.3 is 14.2 Å². The molecule has 0 bridgehead atoms. The Kier molecular flexibility index (Phi) is 5.76. The summed E-state index contributed by atoms with van der Waals surface area (Å²) in [5.41, 5.74) is 1.51. The van der Waals surface area contributed by atoms with Crippen LogP contribution in [0.5, 0.6) is 17.2 Å². The van der Waals surface area contributed by atoms with Gasteiger partial charge in [0.1, 0.15) is 12.0 Å². The van der Waals surface area contributed by atoms with Gasteiger partial charge in [-0.3, -0.25) is 4.79 Å². The number of benzene rings is 2. The highest BCUT2D eigenvalue weighted by atomic mass is 79.9. The fourth-order valence-corrected chi connectivity index (χ4v) is 2.46. The van der Waals surface area contributed by atoms with Gasteiger partial charge in [0.05, 0.1) is 11.6 Å². The van der Waals surface area contributed by atoms with Crippen LogP contribution in [0, 0.1) is 6.92 Å². The molecule has 0 heterocycles. The molecule has 0 atom stereocenters. The maximum atomic E-state index is 11.9. The maximum absolute atomic E-state index is 11.9. The standard InChI is InChI=1S/C17H15BrO5/c1-11-3-5-14(13(18)7-11)22-10-17(20)23-15-6-4-12(9-19)8-16(15)21-2/h3-9H,10H2,1-2H3. The second kappa shape index (κ2) is 7.78. The van der Waals surface area contributed by atoms with Gasteiger partial charge in [-0.25, -0.2) is 4.79 Å². The molecule has 6 heteroatoms. The molecule has 0 saturated heterocycles. The lowest BCUT2D eigenvalue weighted by atomic mass is 10.2. The molecule has 0 aromatic heterocycles. The van der Waals surface area contributed by atoms with E-state index in [0.29, 0.717) is 23.3 Å². The third-order valence-corrected chi connectivity index (χ3v) is 3.60. The second-order valence-corrected chi connectivity index (χ2v) is 5.58. The molecule has 2 aromatic carbocycles. The summed E-state index contributed by atoms with van der Waals surface area (Å²) in [6.07, 6.45) is 0.687. The van der Waals surface area contributed by atoms with Crippen molar-refractivity contribution >= 4 is 28.2 Å². The predicted octanol–water partition coefficient (Wildman–Crippen LogP) is 3.56. The fraction of sp³-hybridized carbons (Fsp3) is 0.176. The molecule has 2 aromatic rings. The van der Waals surface area contributed by atoms with Gasteiger partial charge >= 0.3 is 5.97 Å². The summed E-state index contributed by atoms with van der Waals surface area (Å²) in [6, 6.07) is 10.1. The highest BCUT2D eigenvalue weighted by Gasteiger charge is 2.12. The number of carbonyl (C=O) groups is 2. The molecule has 23 heavy (non-hydrogen) atoms. The minimum Gasteiger partial charge on any atom is -0.493 e. The molecule has 0 unspecified atom stereocenters. The van der Waals surface area contributed by atoms with E-state index < -0.39 is 5.97 Å². The Morgan fingerprint density at radius 1 is 1.13 bits per heavy atom. The smallest absolute Gasteiger partial charge is 0.349 e. The Morgan fingerprint density at radius 2 is 1.87 bits per heavy atom. The van der Waals surface area contributed by atoms with Crippen LogP contribution >= 0.6 is 15.9 Å². The van der Waals surface area contributed by atoms with Gasteiger partial charge in [-0.2, -0.15) is 0 Å². The Labute approximate surface area is 142 Å². The van der Waals surface area contributed by atoms with Crippen molar-refractivity contribution < 1.29 is 23.8 Å². The number of aldehydes is 1. The summed E-state index contributed by atoms with van der Waals surface area (Å²) in [6.45, 7) is 1.71. The zero-order valence-corrected chi connectivity index (χ0v) is 14.3. The van der Waals surface area contributed by atoms with Crippen LogP contribution in [0.3, 0.4) is 0 Å². The first kappa shape index (κ1) is 17.0. The van der Waals surface area contributed by atoms with Gasteiger partial charge in [-0.15, -0.1) is 0 Å². The molecule has 5 nitrogen and oxygen atoms in total. The molecular formula is C17H15BrO5. The Bertz CT molecular complexity index is 727. The normalized spacial score (nSPS) is 10.0. The third-order valence-electron chi connectivity index (χ3n) is 2.98. The number of rotatable bonds is 6. The van der Waals surface area contributed by atoms with Crippen LogP contribution in [-0.2, 0) is 4.79 Å².